The van der Waals surface area contributed by atoms with E-state index >= 15 is 0 Å². The second-order valence-corrected chi connectivity index (χ2v) is 9.37. The molecule has 166 valence electrons. The third-order valence-corrected chi connectivity index (χ3v) is 7.27. The topological polar surface area (TPSA) is 60.9 Å². The molecule has 6 nitrogen and oxygen atoms in total. The number of carbonyl (C=O) groups excluding carboxylic acids is 1. The van der Waals surface area contributed by atoms with Crippen LogP contribution in [0.25, 0.3) is 0 Å². The molecular weight excluding hydrogens is 429 g/mol. The Balaban J connectivity index is 1.52. The van der Waals surface area contributed by atoms with E-state index in [1.165, 1.54) is 36.4 Å². The van der Waals surface area contributed by atoms with Gasteiger partial charge in [-0.15, -0.1) is 0 Å². The van der Waals surface area contributed by atoms with Gasteiger partial charge >= 0.3 is 0 Å². The average Bonchev–Trinajstić information content (AvgIpc) is 2.84. The normalized spacial score (nSPS) is 14.3. The van der Waals surface area contributed by atoms with Crippen molar-refractivity contribution in [2.75, 3.05) is 41.9 Å². The van der Waals surface area contributed by atoms with Crippen molar-refractivity contribution in [3.63, 3.8) is 0 Å². The average molecular weight is 454 g/mol. The van der Waals surface area contributed by atoms with Crippen LogP contribution in [0.4, 0.5) is 15.8 Å². The number of carbonyl (C=O) groups is 1. The van der Waals surface area contributed by atoms with Crippen LogP contribution < -0.4 is 9.21 Å². The van der Waals surface area contributed by atoms with Gasteiger partial charge < -0.3 is 9.80 Å². The van der Waals surface area contributed by atoms with Crippen LogP contribution in [0.15, 0.2) is 89.8 Å². The number of amides is 1. The maximum atomic E-state index is 13.5. The number of anilines is 2. The van der Waals surface area contributed by atoms with Crippen LogP contribution in [-0.2, 0) is 14.8 Å². The van der Waals surface area contributed by atoms with Gasteiger partial charge in [-0.2, -0.15) is 0 Å². The summed E-state index contributed by atoms with van der Waals surface area (Å²) in [6, 6.07) is 23.0. The first kappa shape index (κ1) is 21.8. The Hall–Kier alpha value is -3.39. The number of piperazine rings is 1. The fourth-order valence-corrected chi connectivity index (χ4v) is 5.15. The van der Waals surface area contributed by atoms with Gasteiger partial charge in [0.05, 0.1) is 10.6 Å². The molecule has 4 rings (SSSR count). The first-order valence-electron chi connectivity index (χ1n) is 10.4. The summed E-state index contributed by atoms with van der Waals surface area (Å²) in [5, 5.41) is 0. The summed E-state index contributed by atoms with van der Waals surface area (Å²) < 4.78 is 41.2. The molecule has 0 spiro atoms. The lowest BCUT2D eigenvalue weighted by Gasteiger charge is -2.37. The molecule has 1 aliphatic rings. The molecular formula is C24H24FN3O3S. The molecule has 0 aromatic heterocycles. The van der Waals surface area contributed by atoms with E-state index in [2.05, 4.69) is 4.90 Å². The van der Waals surface area contributed by atoms with Gasteiger partial charge in [-0.25, -0.2) is 12.8 Å². The minimum absolute atomic E-state index is 0.0750. The van der Waals surface area contributed by atoms with E-state index in [0.717, 1.165) is 9.99 Å². The Morgan fingerprint density at radius 3 is 1.97 bits per heavy atom. The number of sulfonamides is 1. The van der Waals surface area contributed by atoms with Crippen molar-refractivity contribution >= 4 is 27.3 Å². The van der Waals surface area contributed by atoms with Crippen LogP contribution in [0.3, 0.4) is 0 Å². The second kappa shape index (κ2) is 9.40. The van der Waals surface area contributed by atoms with Crippen molar-refractivity contribution in [2.45, 2.75) is 4.90 Å². The first-order valence-corrected chi connectivity index (χ1v) is 11.8. The van der Waals surface area contributed by atoms with Gasteiger partial charge in [0.1, 0.15) is 12.4 Å². The van der Waals surface area contributed by atoms with Crippen LogP contribution in [0.1, 0.15) is 0 Å². The molecule has 32 heavy (non-hydrogen) atoms. The lowest BCUT2D eigenvalue weighted by Crippen LogP contribution is -2.52. The third kappa shape index (κ3) is 4.75. The largest absolute Gasteiger partial charge is 0.368 e. The van der Waals surface area contributed by atoms with Gasteiger partial charge in [0.15, 0.2) is 0 Å². The SMILES string of the molecule is O=C(CN(c1ccc(F)cc1)S(=O)(=O)c1ccccc1)N1CCN(c2ccccc2)CC1. The molecule has 1 aliphatic heterocycles. The third-order valence-electron chi connectivity index (χ3n) is 5.48. The predicted molar refractivity (Wildman–Crippen MR) is 123 cm³/mol. The number of para-hydroxylation sites is 1. The van der Waals surface area contributed by atoms with Crippen LogP contribution in [0, 0.1) is 5.82 Å². The zero-order chi connectivity index (χ0) is 22.6. The van der Waals surface area contributed by atoms with E-state index in [4.69, 9.17) is 0 Å². The number of hydrogen-bond donors (Lipinski definition) is 0. The molecule has 1 saturated heterocycles. The quantitative estimate of drug-likeness (QED) is 0.574. The van der Waals surface area contributed by atoms with Gasteiger partial charge in [0.2, 0.25) is 5.91 Å². The van der Waals surface area contributed by atoms with Gasteiger partial charge in [0.25, 0.3) is 10.0 Å². The van der Waals surface area contributed by atoms with Crippen molar-refractivity contribution in [1.82, 2.24) is 4.90 Å². The highest BCUT2D eigenvalue weighted by Gasteiger charge is 2.30. The van der Waals surface area contributed by atoms with Crippen LogP contribution in [0.5, 0.6) is 0 Å². The molecule has 3 aromatic carbocycles. The summed E-state index contributed by atoms with van der Waals surface area (Å²) in [6.07, 6.45) is 0. The summed E-state index contributed by atoms with van der Waals surface area (Å²) in [4.78, 5) is 17.0. The van der Waals surface area contributed by atoms with Crippen molar-refractivity contribution < 1.29 is 17.6 Å². The van der Waals surface area contributed by atoms with Crippen molar-refractivity contribution in [3.05, 3.63) is 90.7 Å². The minimum atomic E-state index is -4.00. The molecule has 0 N–H and O–H groups in total. The molecule has 0 unspecified atom stereocenters. The lowest BCUT2D eigenvalue weighted by molar-refractivity contribution is -0.129. The molecule has 0 radical (unpaired) electrons. The standard InChI is InChI=1S/C24H24FN3O3S/c25-20-11-13-22(14-12-20)28(32(30,31)23-9-5-2-6-10-23)19-24(29)27-17-15-26(16-18-27)21-7-3-1-4-8-21/h1-14H,15-19H2. The van der Waals surface area contributed by atoms with Crippen molar-refractivity contribution in [1.29, 1.82) is 0 Å². The van der Waals surface area contributed by atoms with E-state index in [-0.39, 0.29) is 23.0 Å². The van der Waals surface area contributed by atoms with E-state index in [1.807, 2.05) is 30.3 Å². The molecule has 1 heterocycles. The smallest absolute Gasteiger partial charge is 0.264 e. The summed E-state index contributed by atoms with van der Waals surface area (Å²) >= 11 is 0. The monoisotopic (exact) mass is 453 g/mol. The van der Waals surface area contributed by atoms with Crippen molar-refractivity contribution in [2.24, 2.45) is 0 Å². The summed E-state index contributed by atoms with van der Waals surface area (Å²) in [6.45, 7) is 1.97. The second-order valence-electron chi connectivity index (χ2n) is 7.50. The molecule has 1 fully saturated rings. The van der Waals surface area contributed by atoms with Crippen LogP contribution in [-0.4, -0.2) is 51.9 Å². The highest BCUT2D eigenvalue weighted by Crippen LogP contribution is 2.24. The van der Waals surface area contributed by atoms with Gasteiger partial charge in [0, 0.05) is 31.9 Å². The molecule has 0 bridgehead atoms. The highest BCUT2D eigenvalue weighted by molar-refractivity contribution is 7.92. The summed E-state index contributed by atoms with van der Waals surface area (Å²) in [5.41, 5.74) is 1.34. The Morgan fingerprint density at radius 1 is 0.812 bits per heavy atom. The Kier molecular flexibility index (Phi) is 6.41. The number of nitrogens with zero attached hydrogens (tertiary/aromatic N) is 3. The van der Waals surface area contributed by atoms with Crippen molar-refractivity contribution in [3.8, 4) is 0 Å². The fourth-order valence-electron chi connectivity index (χ4n) is 3.72. The molecule has 8 heteroatoms. The molecule has 0 atom stereocenters. The van der Waals surface area contributed by atoms with Crippen LogP contribution in [0.2, 0.25) is 0 Å². The molecule has 1 amide bonds. The number of benzene rings is 3. The highest BCUT2D eigenvalue weighted by atomic mass is 32.2. The molecule has 0 aliphatic carbocycles. The van der Waals surface area contributed by atoms with Gasteiger partial charge in [-0.1, -0.05) is 36.4 Å². The maximum absolute atomic E-state index is 13.5. The zero-order valence-corrected chi connectivity index (χ0v) is 18.3. The lowest BCUT2D eigenvalue weighted by atomic mass is 10.2. The fraction of sp³-hybridized carbons (Fsp3) is 0.208. The number of rotatable bonds is 6. The van der Waals surface area contributed by atoms with E-state index < -0.39 is 15.8 Å². The van der Waals surface area contributed by atoms with E-state index in [1.54, 1.807) is 23.1 Å². The Morgan fingerprint density at radius 2 is 1.38 bits per heavy atom. The van der Waals surface area contributed by atoms with Crippen LogP contribution >= 0.6 is 0 Å². The molecule has 3 aromatic rings. The summed E-state index contributed by atoms with van der Waals surface area (Å²) in [5.74, 6) is -0.768. The minimum Gasteiger partial charge on any atom is -0.368 e. The van der Waals surface area contributed by atoms with Gasteiger partial charge in [-0.05, 0) is 48.5 Å². The van der Waals surface area contributed by atoms with Gasteiger partial charge in [-0.3, -0.25) is 9.10 Å². The number of halogens is 1. The predicted octanol–water partition coefficient (Wildman–Crippen LogP) is 3.37. The Labute approximate surface area is 187 Å². The Bertz CT molecular complexity index is 1150. The number of hydrogen-bond acceptors (Lipinski definition) is 4. The summed E-state index contributed by atoms with van der Waals surface area (Å²) in [7, 11) is -4.00. The molecule has 0 saturated carbocycles. The van der Waals surface area contributed by atoms with E-state index in [9.17, 15) is 17.6 Å². The maximum Gasteiger partial charge on any atom is 0.264 e. The zero-order valence-electron chi connectivity index (χ0n) is 17.5. The van der Waals surface area contributed by atoms with E-state index in [0.29, 0.717) is 26.2 Å². The first-order chi connectivity index (χ1) is 15.4.